The molecule has 0 aromatic heterocycles. The molecule has 0 N–H and O–H groups in total. The smallest absolute Gasteiger partial charge is 0.229 e. The van der Waals surface area contributed by atoms with E-state index in [1.807, 2.05) is 23.1 Å². The van der Waals surface area contributed by atoms with E-state index in [0.717, 1.165) is 18.4 Å². The van der Waals surface area contributed by atoms with Crippen LogP contribution in [0.3, 0.4) is 0 Å². The standard InChI is InChI=1S/C19H24N2O5/c1-25-15-6-5-13(12-16(15)26-2)14-4-3-10-20(14)19(24)9-11-21-17(22)7-8-18(21)23/h5-6,12,14H,3-4,7-11H2,1-2H3/t14-/m1/s1. The average molecular weight is 360 g/mol. The molecule has 2 saturated heterocycles. The Morgan fingerprint density at radius 2 is 1.81 bits per heavy atom. The van der Waals surface area contributed by atoms with Crippen LogP contribution >= 0.6 is 0 Å². The van der Waals surface area contributed by atoms with Crippen LogP contribution in [0, 0.1) is 0 Å². The van der Waals surface area contributed by atoms with E-state index in [0.29, 0.717) is 18.0 Å². The van der Waals surface area contributed by atoms with Crippen LogP contribution in [-0.2, 0) is 14.4 Å². The highest BCUT2D eigenvalue weighted by Crippen LogP contribution is 2.37. The third-order valence-corrected chi connectivity index (χ3v) is 5.07. The van der Waals surface area contributed by atoms with Gasteiger partial charge in [-0.25, -0.2) is 0 Å². The number of nitrogens with zero attached hydrogens (tertiary/aromatic N) is 2. The Labute approximate surface area is 152 Å². The summed E-state index contributed by atoms with van der Waals surface area (Å²) < 4.78 is 10.6. The molecule has 0 unspecified atom stereocenters. The zero-order valence-corrected chi connectivity index (χ0v) is 15.2. The van der Waals surface area contributed by atoms with Crippen LogP contribution in [0.15, 0.2) is 18.2 Å². The number of rotatable bonds is 6. The summed E-state index contributed by atoms with van der Waals surface area (Å²) >= 11 is 0. The lowest BCUT2D eigenvalue weighted by atomic mass is 10.0. The van der Waals surface area contributed by atoms with Gasteiger partial charge in [0.25, 0.3) is 0 Å². The molecule has 1 atom stereocenters. The summed E-state index contributed by atoms with van der Waals surface area (Å²) in [5.74, 6) is 0.895. The number of hydrogen-bond donors (Lipinski definition) is 0. The summed E-state index contributed by atoms with van der Waals surface area (Å²) in [4.78, 5) is 39.1. The lowest BCUT2D eigenvalue weighted by molar-refractivity contribution is -0.139. The van der Waals surface area contributed by atoms with E-state index in [4.69, 9.17) is 9.47 Å². The van der Waals surface area contributed by atoms with Crippen LogP contribution in [-0.4, -0.2) is 54.8 Å². The van der Waals surface area contributed by atoms with Gasteiger partial charge in [-0.15, -0.1) is 0 Å². The highest BCUT2D eigenvalue weighted by Gasteiger charge is 2.33. The lowest BCUT2D eigenvalue weighted by Crippen LogP contribution is -2.36. The third kappa shape index (κ3) is 3.52. The maximum absolute atomic E-state index is 12.7. The highest BCUT2D eigenvalue weighted by molar-refractivity contribution is 6.02. The van der Waals surface area contributed by atoms with Gasteiger partial charge in [0.15, 0.2) is 11.5 Å². The molecule has 7 heteroatoms. The molecule has 3 amide bonds. The van der Waals surface area contributed by atoms with Crippen molar-refractivity contribution in [2.45, 2.75) is 38.1 Å². The molecule has 0 saturated carbocycles. The fourth-order valence-corrected chi connectivity index (χ4v) is 3.70. The van der Waals surface area contributed by atoms with Crippen LogP contribution in [0.5, 0.6) is 11.5 Å². The van der Waals surface area contributed by atoms with Gasteiger partial charge in [0.1, 0.15) is 0 Å². The lowest BCUT2D eigenvalue weighted by Gasteiger charge is -2.26. The molecule has 2 aliphatic heterocycles. The summed E-state index contributed by atoms with van der Waals surface area (Å²) in [5, 5.41) is 0. The molecule has 3 rings (SSSR count). The van der Waals surface area contributed by atoms with Crippen molar-refractivity contribution in [1.29, 1.82) is 0 Å². The van der Waals surface area contributed by atoms with Crippen LogP contribution in [0.1, 0.15) is 43.7 Å². The first-order chi connectivity index (χ1) is 12.5. The largest absolute Gasteiger partial charge is 0.493 e. The monoisotopic (exact) mass is 360 g/mol. The van der Waals surface area contributed by atoms with Crippen molar-refractivity contribution in [3.8, 4) is 11.5 Å². The Morgan fingerprint density at radius 1 is 1.12 bits per heavy atom. The van der Waals surface area contributed by atoms with Crippen molar-refractivity contribution in [2.75, 3.05) is 27.3 Å². The van der Waals surface area contributed by atoms with Crippen molar-refractivity contribution in [2.24, 2.45) is 0 Å². The van der Waals surface area contributed by atoms with Gasteiger partial charge < -0.3 is 14.4 Å². The van der Waals surface area contributed by atoms with Gasteiger partial charge >= 0.3 is 0 Å². The van der Waals surface area contributed by atoms with E-state index in [-0.39, 0.29) is 49.6 Å². The minimum atomic E-state index is -0.180. The van der Waals surface area contributed by atoms with Gasteiger partial charge in [-0.3, -0.25) is 19.3 Å². The van der Waals surface area contributed by atoms with Crippen molar-refractivity contribution in [1.82, 2.24) is 9.80 Å². The Hall–Kier alpha value is -2.57. The summed E-state index contributed by atoms with van der Waals surface area (Å²) in [6, 6.07) is 5.68. The number of methoxy groups -OCH3 is 2. The molecule has 2 aliphatic rings. The van der Waals surface area contributed by atoms with E-state index in [1.54, 1.807) is 14.2 Å². The number of amides is 3. The number of likely N-dealkylation sites (tertiary alicyclic amines) is 2. The molecular weight excluding hydrogens is 336 g/mol. The minimum Gasteiger partial charge on any atom is -0.493 e. The van der Waals surface area contributed by atoms with Crippen LogP contribution in [0.2, 0.25) is 0 Å². The number of ether oxygens (including phenoxy) is 2. The maximum Gasteiger partial charge on any atom is 0.229 e. The van der Waals surface area contributed by atoms with Crippen LogP contribution in [0.25, 0.3) is 0 Å². The van der Waals surface area contributed by atoms with Gasteiger partial charge in [-0.2, -0.15) is 0 Å². The zero-order valence-electron chi connectivity index (χ0n) is 15.2. The van der Waals surface area contributed by atoms with Gasteiger partial charge in [0, 0.05) is 32.4 Å². The highest BCUT2D eigenvalue weighted by atomic mass is 16.5. The number of imide groups is 1. The minimum absolute atomic E-state index is 0.0210. The topological polar surface area (TPSA) is 76.2 Å². The number of benzene rings is 1. The Balaban J connectivity index is 1.68. The first-order valence-electron chi connectivity index (χ1n) is 8.89. The van der Waals surface area contributed by atoms with Crippen molar-refractivity contribution < 1.29 is 23.9 Å². The second-order valence-corrected chi connectivity index (χ2v) is 6.55. The second-order valence-electron chi connectivity index (χ2n) is 6.55. The van der Waals surface area contributed by atoms with E-state index >= 15 is 0 Å². The van der Waals surface area contributed by atoms with E-state index in [9.17, 15) is 14.4 Å². The number of carbonyl (C=O) groups excluding carboxylic acids is 3. The van der Waals surface area contributed by atoms with Crippen LogP contribution in [0.4, 0.5) is 0 Å². The van der Waals surface area contributed by atoms with Crippen LogP contribution < -0.4 is 9.47 Å². The average Bonchev–Trinajstić information content (AvgIpc) is 3.26. The van der Waals surface area contributed by atoms with Gasteiger partial charge in [0.2, 0.25) is 17.7 Å². The molecule has 26 heavy (non-hydrogen) atoms. The predicted octanol–water partition coefficient (Wildman–Crippen LogP) is 1.91. The molecule has 0 bridgehead atoms. The third-order valence-electron chi connectivity index (χ3n) is 5.07. The zero-order chi connectivity index (χ0) is 18.7. The molecule has 1 aromatic rings. The summed E-state index contributed by atoms with van der Waals surface area (Å²) in [5.41, 5.74) is 1.00. The Bertz CT molecular complexity index is 702. The fourth-order valence-electron chi connectivity index (χ4n) is 3.70. The van der Waals surface area contributed by atoms with Gasteiger partial charge in [-0.1, -0.05) is 6.07 Å². The molecular formula is C19H24N2O5. The molecule has 1 aromatic carbocycles. The van der Waals surface area contributed by atoms with Crippen molar-refractivity contribution in [3.05, 3.63) is 23.8 Å². The number of hydrogen-bond acceptors (Lipinski definition) is 5. The normalized spacial score (nSPS) is 20.0. The molecule has 2 heterocycles. The van der Waals surface area contributed by atoms with Crippen molar-refractivity contribution in [3.63, 3.8) is 0 Å². The first-order valence-corrected chi connectivity index (χ1v) is 8.89. The quantitative estimate of drug-likeness (QED) is 0.725. The maximum atomic E-state index is 12.7. The summed E-state index contributed by atoms with van der Waals surface area (Å²) in [6.45, 7) is 0.853. The van der Waals surface area contributed by atoms with E-state index < -0.39 is 0 Å². The van der Waals surface area contributed by atoms with E-state index in [2.05, 4.69) is 0 Å². The molecule has 0 aliphatic carbocycles. The van der Waals surface area contributed by atoms with Gasteiger partial charge in [-0.05, 0) is 30.5 Å². The summed E-state index contributed by atoms with van der Waals surface area (Å²) in [6.07, 6.45) is 2.48. The van der Waals surface area contributed by atoms with E-state index in [1.165, 1.54) is 4.90 Å². The predicted molar refractivity (Wildman–Crippen MR) is 93.8 cm³/mol. The summed E-state index contributed by atoms with van der Waals surface area (Å²) in [7, 11) is 3.17. The Kier molecular flexibility index (Phi) is 5.44. The Morgan fingerprint density at radius 3 is 2.46 bits per heavy atom. The molecule has 2 fully saturated rings. The first kappa shape index (κ1) is 18.2. The van der Waals surface area contributed by atoms with Crippen molar-refractivity contribution >= 4 is 17.7 Å². The van der Waals surface area contributed by atoms with Gasteiger partial charge in [0.05, 0.1) is 20.3 Å². The number of carbonyl (C=O) groups is 3. The second kappa shape index (κ2) is 7.76. The SMILES string of the molecule is COc1ccc([C@H]2CCCN2C(=O)CCN2C(=O)CCC2=O)cc1OC. The molecule has 140 valence electrons. The molecule has 0 spiro atoms. The molecule has 7 nitrogen and oxygen atoms in total. The molecule has 0 radical (unpaired) electrons. The fraction of sp³-hybridized carbons (Fsp3) is 0.526.